The fraction of sp³-hybridized carbons (Fsp3) is 0.333. The van der Waals surface area contributed by atoms with E-state index in [1.807, 2.05) is 22.9 Å². The zero-order valence-electron chi connectivity index (χ0n) is 9.35. The van der Waals surface area contributed by atoms with Crippen molar-refractivity contribution in [3.05, 3.63) is 41.7 Å². The molecule has 1 N–H and O–H groups in total. The van der Waals surface area contributed by atoms with Gasteiger partial charge in [0.2, 0.25) is 0 Å². The molecule has 0 bridgehead atoms. The largest absolute Gasteiger partial charge is 0.332 e. The lowest BCUT2D eigenvalue weighted by atomic mass is 10.1. The van der Waals surface area contributed by atoms with E-state index in [-0.39, 0.29) is 0 Å². The van der Waals surface area contributed by atoms with E-state index in [4.69, 9.17) is 0 Å². The first-order valence-electron chi connectivity index (χ1n) is 5.65. The number of aromatic nitrogens is 3. The van der Waals surface area contributed by atoms with Crippen molar-refractivity contribution in [2.24, 2.45) is 0 Å². The van der Waals surface area contributed by atoms with Gasteiger partial charge in [-0.15, -0.1) is 5.10 Å². The number of likely N-dealkylation sites (N-methyl/N-ethyl adjacent to an activating group) is 1. The van der Waals surface area contributed by atoms with Crippen molar-refractivity contribution in [1.82, 2.24) is 15.0 Å². The van der Waals surface area contributed by atoms with Gasteiger partial charge in [-0.2, -0.15) is 0 Å². The maximum Gasteiger partial charge on any atom is 0.141 e. The molecule has 0 saturated carbocycles. The third-order valence-electron chi connectivity index (χ3n) is 3.10. The number of benzene rings is 1. The van der Waals surface area contributed by atoms with Crippen LogP contribution in [-0.2, 0) is 13.0 Å². The van der Waals surface area contributed by atoms with Gasteiger partial charge in [-0.3, -0.25) is 0 Å². The molecule has 0 amide bonds. The minimum Gasteiger partial charge on any atom is -0.332 e. The number of nitrogens with one attached hydrogen (secondary N) is 1. The molecular weight excluding hydrogens is 200 g/mol. The van der Waals surface area contributed by atoms with Gasteiger partial charge in [0.05, 0.1) is 25.0 Å². The van der Waals surface area contributed by atoms with Crippen LogP contribution in [0.1, 0.15) is 11.4 Å². The molecule has 1 atom stereocenters. The average Bonchev–Trinajstić information content (AvgIpc) is 2.73. The molecule has 4 nitrogen and oxygen atoms in total. The van der Waals surface area contributed by atoms with E-state index in [1.54, 1.807) is 0 Å². The van der Waals surface area contributed by atoms with Crippen LogP contribution >= 0.6 is 0 Å². The topological polar surface area (TPSA) is 35.2 Å². The third-order valence-corrected chi connectivity index (χ3v) is 3.10. The Labute approximate surface area is 94.5 Å². The Bertz CT molecular complexity index is 489. The number of para-hydroxylation sites is 1. The molecule has 1 unspecified atom stereocenters. The normalized spacial score (nSPS) is 19.4. The van der Waals surface area contributed by atoms with E-state index in [0.717, 1.165) is 30.9 Å². The summed E-state index contributed by atoms with van der Waals surface area (Å²) in [4.78, 5) is 1.51. The average molecular weight is 215 g/mol. The molecule has 3 rings (SSSR count). The van der Waals surface area contributed by atoms with Crippen molar-refractivity contribution >= 4 is 0 Å². The second-order valence-electron chi connectivity index (χ2n) is 4.36. The molecule has 82 valence electrons. The maximum absolute atomic E-state index is 4.28. The van der Waals surface area contributed by atoms with Gasteiger partial charge in [0.15, 0.2) is 0 Å². The van der Waals surface area contributed by atoms with Crippen molar-refractivity contribution in [3.63, 3.8) is 0 Å². The molecule has 0 fully saturated rings. The van der Waals surface area contributed by atoms with Crippen molar-refractivity contribution < 1.29 is 4.90 Å². The molecular formula is C12H15N4+. The lowest BCUT2D eigenvalue weighted by Crippen LogP contribution is -3.08. The van der Waals surface area contributed by atoms with Gasteiger partial charge in [-0.25, -0.2) is 4.68 Å². The maximum atomic E-state index is 4.28. The van der Waals surface area contributed by atoms with E-state index < -0.39 is 0 Å². The third kappa shape index (κ3) is 1.51. The summed E-state index contributed by atoms with van der Waals surface area (Å²) < 4.78 is 1.97. The van der Waals surface area contributed by atoms with Crippen LogP contribution in [0.3, 0.4) is 0 Å². The van der Waals surface area contributed by atoms with Crippen LogP contribution in [0.2, 0.25) is 0 Å². The summed E-state index contributed by atoms with van der Waals surface area (Å²) in [5.41, 5.74) is 3.53. The molecule has 1 aromatic heterocycles. The van der Waals surface area contributed by atoms with Crippen LogP contribution in [0, 0.1) is 0 Å². The number of rotatable bonds is 1. The van der Waals surface area contributed by atoms with Gasteiger partial charge in [0.25, 0.3) is 0 Å². The van der Waals surface area contributed by atoms with Crippen LogP contribution < -0.4 is 4.90 Å². The Morgan fingerprint density at radius 1 is 1.25 bits per heavy atom. The Kier molecular flexibility index (Phi) is 2.22. The zero-order valence-corrected chi connectivity index (χ0v) is 9.35. The van der Waals surface area contributed by atoms with Crippen molar-refractivity contribution in [2.45, 2.75) is 13.0 Å². The van der Waals surface area contributed by atoms with Crippen LogP contribution in [0.5, 0.6) is 0 Å². The summed E-state index contributed by atoms with van der Waals surface area (Å²) in [5.74, 6) is 0. The van der Waals surface area contributed by atoms with Gasteiger partial charge < -0.3 is 4.90 Å². The predicted molar refractivity (Wildman–Crippen MR) is 60.5 cm³/mol. The summed E-state index contributed by atoms with van der Waals surface area (Å²) >= 11 is 0. The van der Waals surface area contributed by atoms with E-state index in [2.05, 4.69) is 29.5 Å². The van der Waals surface area contributed by atoms with Crippen molar-refractivity contribution in [2.75, 3.05) is 13.6 Å². The Morgan fingerprint density at radius 3 is 2.88 bits per heavy atom. The number of quaternary nitrogens is 1. The molecule has 2 aromatic rings. The molecule has 0 aliphatic carbocycles. The zero-order chi connectivity index (χ0) is 11.0. The highest BCUT2D eigenvalue weighted by atomic mass is 15.4. The first-order valence-corrected chi connectivity index (χ1v) is 5.65. The monoisotopic (exact) mass is 215 g/mol. The molecule has 4 heteroatoms. The summed E-state index contributed by atoms with van der Waals surface area (Å²) in [6.45, 7) is 2.15. The molecule has 0 radical (unpaired) electrons. The van der Waals surface area contributed by atoms with Gasteiger partial charge in [-0.1, -0.05) is 23.4 Å². The highest BCUT2D eigenvalue weighted by Crippen LogP contribution is 2.13. The second-order valence-corrected chi connectivity index (χ2v) is 4.36. The SMILES string of the molecule is C[NH+]1CCc2c(nnn2-c2ccccc2)C1. The van der Waals surface area contributed by atoms with E-state index >= 15 is 0 Å². The van der Waals surface area contributed by atoms with Gasteiger partial charge >= 0.3 is 0 Å². The van der Waals surface area contributed by atoms with E-state index in [0.29, 0.717) is 0 Å². The smallest absolute Gasteiger partial charge is 0.141 e. The van der Waals surface area contributed by atoms with E-state index in [9.17, 15) is 0 Å². The predicted octanol–water partition coefficient (Wildman–Crippen LogP) is -0.162. The van der Waals surface area contributed by atoms with Crippen LogP contribution in [0.4, 0.5) is 0 Å². The Morgan fingerprint density at radius 2 is 2.06 bits per heavy atom. The van der Waals surface area contributed by atoms with E-state index in [1.165, 1.54) is 10.6 Å². The van der Waals surface area contributed by atoms with Crippen molar-refractivity contribution in [3.8, 4) is 5.69 Å². The van der Waals surface area contributed by atoms with Crippen LogP contribution in [-0.4, -0.2) is 28.6 Å². The lowest BCUT2D eigenvalue weighted by molar-refractivity contribution is -0.896. The Balaban J connectivity index is 2.04. The highest BCUT2D eigenvalue weighted by Gasteiger charge is 2.22. The standard InChI is InChI=1S/C12H14N4/c1-15-8-7-12-11(9-15)13-14-16(12)10-5-3-2-4-6-10/h2-6H,7-9H2,1H3/p+1. The number of hydrogen-bond donors (Lipinski definition) is 1. The van der Waals surface area contributed by atoms with Gasteiger partial charge in [0, 0.05) is 6.42 Å². The van der Waals surface area contributed by atoms with Gasteiger partial charge in [0.1, 0.15) is 12.2 Å². The first-order chi connectivity index (χ1) is 7.84. The molecule has 1 aromatic carbocycles. The summed E-state index contributed by atoms with van der Waals surface area (Å²) in [6.07, 6.45) is 1.06. The molecule has 1 aliphatic rings. The first kappa shape index (κ1) is 9.54. The molecule has 0 saturated heterocycles. The summed E-state index contributed by atoms with van der Waals surface area (Å²) in [6, 6.07) is 10.2. The van der Waals surface area contributed by atoms with Gasteiger partial charge in [-0.05, 0) is 12.1 Å². The minimum atomic E-state index is 0.988. The highest BCUT2D eigenvalue weighted by molar-refractivity contribution is 5.33. The summed E-state index contributed by atoms with van der Waals surface area (Å²) in [5, 5.41) is 8.53. The summed E-state index contributed by atoms with van der Waals surface area (Å²) in [7, 11) is 2.20. The quantitative estimate of drug-likeness (QED) is 0.717. The van der Waals surface area contributed by atoms with Crippen molar-refractivity contribution in [1.29, 1.82) is 0 Å². The van der Waals surface area contributed by atoms with Crippen LogP contribution in [0.15, 0.2) is 30.3 Å². The second kappa shape index (κ2) is 3.72. The number of nitrogens with zero attached hydrogens (tertiary/aromatic N) is 3. The fourth-order valence-electron chi connectivity index (χ4n) is 2.20. The lowest BCUT2D eigenvalue weighted by Gasteiger charge is -2.18. The number of fused-ring (bicyclic) bond motifs is 1. The molecule has 2 heterocycles. The fourth-order valence-corrected chi connectivity index (χ4v) is 2.20. The number of hydrogen-bond acceptors (Lipinski definition) is 2. The van der Waals surface area contributed by atoms with Crippen LogP contribution in [0.25, 0.3) is 5.69 Å². The molecule has 0 spiro atoms. The minimum absolute atomic E-state index is 0.988. The molecule has 1 aliphatic heterocycles. The Hall–Kier alpha value is -1.68. The molecule has 16 heavy (non-hydrogen) atoms.